The van der Waals surface area contributed by atoms with Gasteiger partial charge in [0, 0.05) is 29.9 Å². The summed E-state index contributed by atoms with van der Waals surface area (Å²) >= 11 is 2.17. The molecule has 3 heteroatoms. The molecule has 16 heavy (non-hydrogen) atoms. The summed E-state index contributed by atoms with van der Waals surface area (Å²) in [5.41, 5.74) is 6.05. The average molecular weight is 242 g/mol. The van der Waals surface area contributed by atoms with Crippen LogP contribution in [0.5, 0.6) is 0 Å². The van der Waals surface area contributed by atoms with Crippen LogP contribution in [0.4, 0.5) is 0 Å². The van der Waals surface area contributed by atoms with Crippen LogP contribution in [0.15, 0.2) is 0 Å². The maximum Gasteiger partial charge on any atom is 0.0217 e. The van der Waals surface area contributed by atoms with Crippen LogP contribution >= 0.6 is 11.8 Å². The van der Waals surface area contributed by atoms with Crippen LogP contribution < -0.4 is 5.73 Å². The van der Waals surface area contributed by atoms with Gasteiger partial charge in [-0.15, -0.1) is 0 Å². The SMILES string of the molecule is CCSC1CCCC1N1CCC(N)CC1C. The van der Waals surface area contributed by atoms with Gasteiger partial charge in [0.25, 0.3) is 0 Å². The molecule has 1 saturated heterocycles. The fourth-order valence-electron chi connectivity index (χ4n) is 3.41. The van der Waals surface area contributed by atoms with E-state index in [9.17, 15) is 0 Å². The van der Waals surface area contributed by atoms with Crippen LogP contribution in [0.1, 0.15) is 46.0 Å². The molecule has 0 bridgehead atoms. The third-order valence-electron chi connectivity index (χ3n) is 4.19. The summed E-state index contributed by atoms with van der Waals surface area (Å²) in [6.07, 6.45) is 6.66. The summed E-state index contributed by atoms with van der Waals surface area (Å²) in [6.45, 7) is 5.88. The van der Waals surface area contributed by atoms with Gasteiger partial charge in [0.2, 0.25) is 0 Å². The first-order chi connectivity index (χ1) is 7.72. The van der Waals surface area contributed by atoms with Crippen molar-refractivity contribution in [3.05, 3.63) is 0 Å². The number of rotatable bonds is 3. The van der Waals surface area contributed by atoms with E-state index in [2.05, 4.69) is 30.5 Å². The van der Waals surface area contributed by atoms with Crippen molar-refractivity contribution in [1.82, 2.24) is 4.90 Å². The van der Waals surface area contributed by atoms with Crippen molar-refractivity contribution in [3.8, 4) is 0 Å². The lowest BCUT2D eigenvalue weighted by atomic mass is 9.96. The molecular formula is C13H26N2S. The molecule has 1 aliphatic carbocycles. The minimum Gasteiger partial charge on any atom is -0.328 e. The van der Waals surface area contributed by atoms with E-state index in [0.717, 1.165) is 11.3 Å². The van der Waals surface area contributed by atoms with Gasteiger partial charge >= 0.3 is 0 Å². The van der Waals surface area contributed by atoms with Crippen molar-refractivity contribution in [2.75, 3.05) is 12.3 Å². The molecule has 2 rings (SSSR count). The fourth-order valence-corrected chi connectivity index (χ4v) is 4.69. The molecule has 0 aromatic heterocycles. The maximum atomic E-state index is 6.05. The first kappa shape index (κ1) is 12.7. The summed E-state index contributed by atoms with van der Waals surface area (Å²) in [4.78, 5) is 2.75. The number of nitrogens with zero attached hydrogens (tertiary/aromatic N) is 1. The van der Waals surface area contributed by atoms with Crippen LogP contribution in [0.3, 0.4) is 0 Å². The quantitative estimate of drug-likeness (QED) is 0.824. The van der Waals surface area contributed by atoms with Gasteiger partial charge in [-0.05, 0) is 38.4 Å². The Morgan fingerprint density at radius 1 is 1.31 bits per heavy atom. The Labute approximate surface area is 104 Å². The monoisotopic (exact) mass is 242 g/mol. The summed E-state index contributed by atoms with van der Waals surface area (Å²) in [5.74, 6) is 1.27. The normalized spacial score (nSPS) is 41.4. The zero-order valence-corrected chi connectivity index (χ0v) is 11.5. The van der Waals surface area contributed by atoms with E-state index in [0.29, 0.717) is 12.1 Å². The lowest BCUT2D eigenvalue weighted by Gasteiger charge is -2.42. The van der Waals surface area contributed by atoms with Crippen LogP contribution in [0.2, 0.25) is 0 Å². The first-order valence-corrected chi connectivity index (χ1v) is 7.90. The summed E-state index contributed by atoms with van der Waals surface area (Å²) in [7, 11) is 0. The number of piperidine rings is 1. The van der Waals surface area contributed by atoms with Gasteiger partial charge in [-0.25, -0.2) is 0 Å². The van der Waals surface area contributed by atoms with Gasteiger partial charge in [0.15, 0.2) is 0 Å². The summed E-state index contributed by atoms with van der Waals surface area (Å²) in [6, 6.07) is 1.99. The number of likely N-dealkylation sites (tertiary alicyclic amines) is 1. The molecule has 1 saturated carbocycles. The van der Waals surface area contributed by atoms with Gasteiger partial charge in [0.1, 0.15) is 0 Å². The van der Waals surface area contributed by atoms with Crippen LogP contribution in [0.25, 0.3) is 0 Å². The lowest BCUT2D eigenvalue weighted by Crippen LogP contribution is -2.51. The van der Waals surface area contributed by atoms with Gasteiger partial charge < -0.3 is 5.73 Å². The number of thioether (sulfide) groups is 1. The fraction of sp³-hybridized carbons (Fsp3) is 1.00. The standard InChI is InChI=1S/C13H26N2S/c1-3-16-13-6-4-5-12(13)15-8-7-11(14)9-10(15)2/h10-13H,3-9,14H2,1-2H3. The van der Waals surface area contributed by atoms with E-state index in [1.165, 1.54) is 44.4 Å². The van der Waals surface area contributed by atoms with Crippen molar-refractivity contribution in [2.45, 2.75) is 69.3 Å². The highest BCUT2D eigenvalue weighted by Crippen LogP contribution is 2.36. The van der Waals surface area contributed by atoms with Crippen LogP contribution in [0, 0.1) is 0 Å². The Morgan fingerprint density at radius 3 is 2.81 bits per heavy atom. The minimum absolute atomic E-state index is 0.449. The van der Waals surface area contributed by atoms with Crippen molar-refractivity contribution < 1.29 is 0 Å². The van der Waals surface area contributed by atoms with Crippen LogP contribution in [-0.4, -0.2) is 40.6 Å². The van der Waals surface area contributed by atoms with Crippen molar-refractivity contribution in [1.29, 1.82) is 0 Å². The van der Waals surface area contributed by atoms with Gasteiger partial charge in [-0.3, -0.25) is 4.90 Å². The summed E-state index contributed by atoms with van der Waals surface area (Å²) < 4.78 is 0. The Kier molecular flexibility index (Phi) is 4.57. The van der Waals surface area contributed by atoms with Crippen molar-refractivity contribution >= 4 is 11.8 Å². The molecule has 2 fully saturated rings. The zero-order valence-electron chi connectivity index (χ0n) is 10.7. The smallest absolute Gasteiger partial charge is 0.0217 e. The van der Waals surface area contributed by atoms with E-state index in [1.807, 2.05) is 0 Å². The molecule has 0 aromatic rings. The highest BCUT2D eigenvalue weighted by Gasteiger charge is 2.36. The average Bonchev–Trinajstić information content (AvgIpc) is 2.67. The Bertz CT molecular complexity index is 222. The third-order valence-corrected chi connectivity index (χ3v) is 5.50. The highest BCUT2D eigenvalue weighted by molar-refractivity contribution is 7.99. The maximum absolute atomic E-state index is 6.05. The Hall–Kier alpha value is 0.270. The van der Waals surface area contributed by atoms with E-state index in [4.69, 9.17) is 5.73 Å². The first-order valence-electron chi connectivity index (χ1n) is 6.85. The van der Waals surface area contributed by atoms with Gasteiger partial charge in [-0.2, -0.15) is 11.8 Å². The number of hydrogen-bond donors (Lipinski definition) is 1. The molecule has 2 aliphatic rings. The molecule has 4 unspecified atom stereocenters. The highest BCUT2D eigenvalue weighted by atomic mass is 32.2. The molecule has 1 heterocycles. The van der Waals surface area contributed by atoms with Crippen molar-refractivity contribution in [2.24, 2.45) is 5.73 Å². The molecule has 0 amide bonds. The number of nitrogens with two attached hydrogens (primary N) is 1. The van der Waals surface area contributed by atoms with E-state index in [-0.39, 0.29) is 0 Å². The molecule has 2 N–H and O–H groups in total. The number of hydrogen-bond acceptors (Lipinski definition) is 3. The van der Waals surface area contributed by atoms with Gasteiger partial charge in [0.05, 0.1) is 0 Å². The Balaban J connectivity index is 1.95. The van der Waals surface area contributed by atoms with E-state index >= 15 is 0 Å². The molecule has 0 aromatic carbocycles. The second-order valence-corrected chi connectivity index (χ2v) is 6.88. The second-order valence-electron chi connectivity index (χ2n) is 5.36. The zero-order chi connectivity index (χ0) is 11.5. The largest absolute Gasteiger partial charge is 0.328 e. The second kappa shape index (κ2) is 5.74. The predicted molar refractivity (Wildman–Crippen MR) is 72.9 cm³/mol. The molecule has 1 aliphatic heterocycles. The molecule has 2 nitrogen and oxygen atoms in total. The molecule has 94 valence electrons. The Morgan fingerprint density at radius 2 is 2.12 bits per heavy atom. The minimum atomic E-state index is 0.449. The summed E-state index contributed by atoms with van der Waals surface area (Å²) in [5, 5.41) is 0.891. The molecular weight excluding hydrogens is 216 g/mol. The molecule has 4 atom stereocenters. The van der Waals surface area contributed by atoms with Gasteiger partial charge in [-0.1, -0.05) is 13.3 Å². The lowest BCUT2D eigenvalue weighted by molar-refractivity contribution is 0.101. The topological polar surface area (TPSA) is 29.3 Å². The molecule has 0 radical (unpaired) electrons. The van der Waals surface area contributed by atoms with Crippen LogP contribution in [-0.2, 0) is 0 Å². The van der Waals surface area contributed by atoms with Crippen molar-refractivity contribution in [3.63, 3.8) is 0 Å². The van der Waals surface area contributed by atoms with E-state index in [1.54, 1.807) is 0 Å². The third kappa shape index (κ3) is 2.74. The van der Waals surface area contributed by atoms with E-state index < -0.39 is 0 Å². The molecule has 0 spiro atoms. The predicted octanol–water partition coefficient (Wildman–Crippen LogP) is 2.47.